The van der Waals surface area contributed by atoms with Gasteiger partial charge >= 0.3 is 0 Å². The number of ether oxygens (including phenoxy) is 1. The average molecular weight is 250 g/mol. The van der Waals surface area contributed by atoms with Crippen molar-refractivity contribution in [3.63, 3.8) is 0 Å². The van der Waals surface area contributed by atoms with Crippen LogP contribution in [0.5, 0.6) is 5.75 Å². The Morgan fingerprint density at radius 2 is 1.94 bits per heavy atom. The van der Waals surface area contributed by atoms with Gasteiger partial charge in [0.05, 0.1) is 0 Å². The van der Waals surface area contributed by atoms with E-state index in [0.29, 0.717) is 6.54 Å². The van der Waals surface area contributed by atoms with Crippen LogP contribution in [0.3, 0.4) is 0 Å². The Morgan fingerprint density at radius 1 is 1.22 bits per heavy atom. The summed E-state index contributed by atoms with van der Waals surface area (Å²) in [4.78, 5) is 11.3. The second-order valence-corrected chi connectivity index (χ2v) is 4.06. The van der Waals surface area contributed by atoms with Gasteiger partial charge in [0, 0.05) is 13.1 Å². The van der Waals surface area contributed by atoms with Crippen molar-refractivity contribution in [2.45, 2.75) is 26.8 Å². The van der Waals surface area contributed by atoms with Crippen molar-refractivity contribution in [3.8, 4) is 5.75 Å². The van der Waals surface area contributed by atoms with Crippen molar-refractivity contribution < 1.29 is 9.53 Å². The molecule has 18 heavy (non-hydrogen) atoms. The molecule has 4 nitrogen and oxygen atoms in total. The predicted octanol–water partition coefficient (Wildman–Crippen LogP) is 1.70. The van der Waals surface area contributed by atoms with Crippen LogP contribution in [-0.2, 0) is 11.3 Å². The van der Waals surface area contributed by atoms with Gasteiger partial charge in [0.15, 0.2) is 6.61 Å². The van der Waals surface area contributed by atoms with Crippen molar-refractivity contribution >= 4 is 5.91 Å². The van der Waals surface area contributed by atoms with Crippen LogP contribution in [0.15, 0.2) is 24.3 Å². The summed E-state index contributed by atoms with van der Waals surface area (Å²) in [6, 6.07) is 7.78. The molecule has 0 heterocycles. The van der Waals surface area contributed by atoms with E-state index in [1.807, 2.05) is 31.2 Å². The van der Waals surface area contributed by atoms with Gasteiger partial charge in [0.2, 0.25) is 0 Å². The topological polar surface area (TPSA) is 50.4 Å². The molecule has 4 heteroatoms. The minimum absolute atomic E-state index is 0.0754. The lowest BCUT2D eigenvalue weighted by Crippen LogP contribution is -2.29. The number of hydrogen-bond donors (Lipinski definition) is 2. The summed E-state index contributed by atoms with van der Waals surface area (Å²) < 4.78 is 5.39. The lowest BCUT2D eigenvalue weighted by Gasteiger charge is -2.07. The minimum atomic E-state index is -0.0754. The van der Waals surface area contributed by atoms with Crippen molar-refractivity contribution in [3.05, 3.63) is 29.8 Å². The fourth-order valence-electron chi connectivity index (χ4n) is 1.44. The maximum absolute atomic E-state index is 11.3. The summed E-state index contributed by atoms with van der Waals surface area (Å²) in [7, 11) is 0. The van der Waals surface area contributed by atoms with Gasteiger partial charge in [0.1, 0.15) is 5.75 Å². The van der Waals surface area contributed by atoms with Crippen LogP contribution >= 0.6 is 0 Å². The van der Waals surface area contributed by atoms with Gasteiger partial charge in [0.25, 0.3) is 5.91 Å². The number of carbonyl (C=O) groups excluding carboxylic acids is 1. The van der Waals surface area contributed by atoms with Crippen LogP contribution in [0.25, 0.3) is 0 Å². The Kier molecular flexibility index (Phi) is 6.87. The lowest BCUT2D eigenvalue weighted by molar-refractivity contribution is -0.123. The van der Waals surface area contributed by atoms with E-state index in [9.17, 15) is 4.79 Å². The fraction of sp³-hybridized carbons (Fsp3) is 0.500. The molecule has 1 aromatic rings. The molecule has 0 atom stereocenters. The molecule has 1 amide bonds. The number of nitrogens with one attached hydrogen (secondary N) is 2. The van der Waals surface area contributed by atoms with Crippen LogP contribution < -0.4 is 15.4 Å². The molecule has 0 bridgehead atoms. The maximum atomic E-state index is 11.3. The highest BCUT2D eigenvalue weighted by molar-refractivity contribution is 5.77. The molecule has 0 aliphatic carbocycles. The lowest BCUT2D eigenvalue weighted by atomic mass is 10.2. The SMILES string of the molecule is CCCNC(=O)COc1ccc(CNCC)cc1. The molecule has 100 valence electrons. The molecule has 0 aliphatic rings. The van der Waals surface area contributed by atoms with Gasteiger partial charge in [-0.25, -0.2) is 0 Å². The van der Waals surface area contributed by atoms with Crippen molar-refractivity contribution in [1.82, 2.24) is 10.6 Å². The van der Waals surface area contributed by atoms with Crippen LogP contribution in [0.4, 0.5) is 0 Å². The van der Waals surface area contributed by atoms with Gasteiger partial charge in [-0.3, -0.25) is 4.79 Å². The summed E-state index contributed by atoms with van der Waals surface area (Å²) in [6.07, 6.45) is 0.935. The van der Waals surface area contributed by atoms with Crippen LogP contribution in [0.2, 0.25) is 0 Å². The molecule has 0 saturated carbocycles. The number of hydrogen-bond acceptors (Lipinski definition) is 3. The summed E-state index contributed by atoms with van der Waals surface area (Å²) in [5.74, 6) is 0.649. The monoisotopic (exact) mass is 250 g/mol. The Morgan fingerprint density at radius 3 is 2.56 bits per heavy atom. The zero-order chi connectivity index (χ0) is 13.2. The summed E-state index contributed by atoms with van der Waals surface area (Å²) in [5, 5.41) is 6.02. The van der Waals surface area contributed by atoms with E-state index in [0.717, 1.165) is 25.3 Å². The standard InChI is InChI=1S/C14H22N2O2/c1-3-9-16-14(17)11-18-13-7-5-12(6-8-13)10-15-4-2/h5-8,15H,3-4,9-11H2,1-2H3,(H,16,17). The normalized spacial score (nSPS) is 10.1. The quantitative estimate of drug-likeness (QED) is 0.738. The van der Waals surface area contributed by atoms with Crippen LogP contribution in [0, 0.1) is 0 Å². The Labute approximate surface area is 109 Å². The summed E-state index contributed by atoms with van der Waals surface area (Å²) >= 11 is 0. The maximum Gasteiger partial charge on any atom is 0.257 e. The first-order chi connectivity index (χ1) is 8.76. The molecular weight excluding hydrogens is 228 g/mol. The number of rotatable bonds is 8. The number of benzene rings is 1. The molecule has 0 unspecified atom stereocenters. The highest BCUT2D eigenvalue weighted by atomic mass is 16.5. The van der Waals surface area contributed by atoms with Crippen molar-refractivity contribution in [1.29, 1.82) is 0 Å². The fourth-order valence-corrected chi connectivity index (χ4v) is 1.44. The van der Waals surface area contributed by atoms with E-state index in [2.05, 4.69) is 17.6 Å². The Bertz CT molecular complexity index is 349. The van der Waals surface area contributed by atoms with E-state index in [1.165, 1.54) is 5.56 Å². The molecule has 0 spiro atoms. The first-order valence-electron chi connectivity index (χ1n) is 6.45. The second-order valence-electron chi connectivity index (χ2n) is 4.06. The van der Waals surface area contributed by atoms with E-state index >= 15 is 0 Å². The third-order valence-corrected chi connectivity index (χ3v) is 2.44. The molecule has 0 fully saturated rings. The predicted molar refractivity (Wildman–Crippen MR) is 72.6 cm³/mol. The van der Waals surface area contributed by atoms with Crippen LogP contribution in [0.1, 0.15) is 25.8 Å². The highest BCUT2D eigenvalue weighted by Gasteiger charge is 2.01. The zero-order valence-corrected chi connectivity index (χ0v) is 11.2. The highest BCUT2D eigenvalue weighted by Crippen LogP contribution is 2.11. The first kappa shape index (κ1) is 14.5. The largest absolute Gasteiger partial charge is 0.484 e. The molecule has 0 radical (unpaired) electrons. The zero-order valence-electron chi connectivity index (χ0n) is 11.2. The molecule has 0 aliphatic heterocycles. The van der Waals surface area contributed by atoms with Gasteiger partial charge in [-0.2, -0.15) is 0 Å². The molecule has 1 aromatic carbocycles. The van der Waals surface area contributed by atoms with E-state index in [-0.39, 0.29) is 12.5 Å². The Hall–Kier alpha value is -1.55. The van der Waals surface area contributed by atoms with Crippen molar-refractivity contribution in [2.24, 2.45) is 0 Å². The molecular formula is C14H22N2O2. The number of amides is 1. The van der Waals surface area contributed by atoms with Crippen molar-refractivity contribution in [2.75, 3.05) is 19.7 Å². The van der Waals surface area contributed by atoms with Crippen LogP contribution in [-0.4, -0.2) is 25.6 Å². The summed E-state index contributed by atoms with van der Waals surface area (Å²) in [5.41, 5.74) is 1.21. The van der Waals surface area contributed by atoms with Gasteiger partial charge < -0.3 is 15.4 Å². The minimum Gasteiger partial charge on any atom is -0.484 e. The second kappa shape index (κ2) is 8.53. The van der Waals surface area contributed by atoms with Gasteiger partial charge in [-0.1, -0.05) is 26.0 Å². The number of carbonyl (C=O) groups is 1. The smallest absolute Gasteiger partial charge is 0.257 e. The molecule has 0 saturated heterocycles. The third kappa shape index (κ3) is 5.68. The summed E-state index contributed by atoms with van der Waals surface area (Å²) in [6.45, 7) is 6.68. The van der Waals surface area contributed by atoms with E-state index in [4.69, 9.17) is 4.74 Å². The van der Waals surface area contributed by atoms with E-state index in [1.54, 1.807) is 0 Å². The molecule has 0 aromatic heterocycles. The Balaban J connectivity index is 2.32. The molecule has 1 rings (SSSR count). The van der Waals surface area contributed by atoms with E-state index < -0.39 is 0 Å². The third-order valence-electron chi connectivity index (χ3n) is 2.44. The van der Waals surface area contributed by atoms with Gasteiger partial charge in [-0.05, 0) is 30.7 Å². The molecule has 2 N–H and O–H groups in total. The van der Waals surface area contributed by atoms with Gasteiger partial charge in [-0.15, -0.1) is 0 Å². The first-order valence-corrected chi connectivity index (χ1v) is 6.45. The average Bonchev–Trinajstić information content (AvgIpc) is 2.41.